The molecule has 182 valence electrons. The number of hydrogen-bond acceptors (Lipinski definition) is 12. The fourth-order valence-corrected chi connectivity index (χ4v) is 5.18. The first-order valence-electron chi connectivity index (χ1n) is 9.20. The molecule has 1 aromatic rings. The Labute approximate surface area is 192 Å². The first-order chi connectivity index (χ1) is 15.9. The molecule has 0 saturated carbocycles. The van der Waals surface area contributed by atoms with Crippen molar-refractivity contribution >= 4 is 48.8 Å². The van der Waals surface area contributed by atoms with Crippen LogP contribution in [0.1, 0.15) is 0 Å². The topological polar surface area (TPSA) is 214 Å². The van der Waals surface area contributed by atoms with Crippen molar-refractivity contribution in [3.63, 3.8) is 0 Å². The molecule has 3 rings (SSSR count). The number of sulfonamides is 2. The minimum Gasteiger partial charge on any atom is -0.468 e. The van der Waals surface area contributed by atoms with Gasteiger partial charge in [0, 0.05) is 6.07 Å². The summed E-state index contributed by atoms with van der Waals surface area (Å²) in [6.07, 6.45) is 0. The molecule has 1 aliphatic heterocycles. The van der Waals surface area contributed by atoms with Crippen LogP contribution in [0, 0.1) is 0 Å². The van der Waals surface area contributed by atoms with Gasteiger partial charge in [0.15, 0.2) is 11.3 Å². The maximum absolute atomic E-state index is 12.9. The largest absolute Gasteiger partial charge is 0.468 e. The van der Waals surface area contributed by atoms with Crippen LogP contribution in [0.25, 0.3) is 22.6 Å². The number of nitrogen functional groups attached to an aromatic ring is 1. The van der Waals surface area contributed by atoms with Crippen LogP contribution in [0.3, 0.4) is 0 Å². The number of carbonyl (C=O) groups excluding carboxylic acids is 2. The van der Waals surface area contributed by atoms with E-state index in [0.29, 0.717) is 0 Å². The highest BCUT2D eigenvalue weighted by Gasteiger charge is 2.31. The third-order valence-electron chi connectivity index (χ3n) is 4.45. The summed E-state index contributed by atoms with van der Waals surface area (Å²) in [6, 6.07) is 4.70. The number of hydrogen-bond donors (Lipinski definition) is 3. The second kappa shape index (κ2) is 9.34. The molecule has 1 heterocycles. The average molecular weight is 514 g/mol. The number of esters is 2. The molecule has 0 unspecified atom stereocenters. The maximum atomic E-state index is 12.9. The van der Waals surface area contributed by atoms with Crippen molar-refractivity contribution < 1.29 is 40.3 Å². The van der Waals surface area contributed by atoms with Crippen LogP contribution in [-0.2, 0) is 39.1 Å². The van der Waals surface area contributed by atoms with Gasteiger partial charge in [-0.25, -0.2) is 21.8 Å². The highest BCUT2D eigenvalue weighted by Crippen LogP contribution is 2.34. The van der Waals surface area contributed by atoms with E-state index in [1.165, 1.54) is 12.1 Å². The lowest BCUT2D eigenvalue weighted by Gasteiger charge is -2.15. The Morgan fingerprint density at radius 1 is 1.03 bits per heavy atom. The van der Waals surface area contributed by atoms with Gasteiger partial charge >= 0.3 is 11.9 Å². The number of anilines is 1. The fourth-order valence-electron chi connectivity index (χ4n) is 2.82. The van der Waals surface area contributed by atoms with E-state index >= 15 is 0 Å². The lowest BCUT2D eigenvalue weighted by atomic mass is 10.2. The van der Waals surface area contributed by atoms with Gasteiger partial charge in [0.1, 0.15) is 39.8 Å². The molecule has 0 aromatic heterocycles. The molecular weight excluding hydrogens is 496 g/mol. The second-order valence-corrected chi connectivity index (χ2v) is 10.0. The van der Waals surface area contributed by atoms with Gasteiger partial charge in [0.2, 0.25) is 25.5 Å². The molecule has 0 saturated heterocycles. The van der Waals surface area contributed by atoms with Gasteiger partial charge in [-0.1, -0.05) is 6.07 Å². The predicted octanol–water partition coefficient (Wildman–Crippen LogP) is -1.22. The van der Waals surface area contributed by atoms with Gasteiger partial charge in [0.05, 0.1) is 14.2 Å². The Kier molecular flexibility index (Phi) is 6.87. The van der Waals surface area contributed by atoms with E-state index in [1.54, 1.807) is 0 Å². The van der Waals surface area contributed by atoms with Crippen LogP contribution < -0.4 is 20.6 Å². The van der Waals surface area contributed by atoms with Crippen molar-refractivity contribution in [3.05, 3.63) is 34.5 Å². The second-order valence-electron chi connectivity index (χ2n) is 6.58. The summed E-state index contributed by atoms with van der Waals surface area (Å²) in [7, 11) is -6.84. The van der Waals surface area contributed by atoms with Crippen molar-refractivity contribution in [2.24, 2.45) is 0 Å². The Balaban J connectivity index is 2.27. The van der Waals surface area contributed by atoms with Crippen molar-refractivity contribution in [2.75, 3.05) is 33.0 Å². The van der Waals surface area contributed by atoms with Crippen LogP contribution in [0.2, 0.25) is 0 Å². The smallest absolute Gasteiger partial charge is 0.320 e. The Morgan fingerprint density at radius 3 is 2.21 bits per heavy atom. The first-order valence-corrected chi connectivity index (χ1v) is 12.2. The number of fused-ring (bicyclic) bond motifs is 2. The third kappa shape index (κ3) is 4.84. The van der Waals surface area contributed by atoms with Crippen LogP contribution in [0.5, 0.6) is 0 Å². The standard InChI is InChI=1S/C18H18N4O10S2/c1-30-13(24)7-20-33(26,27)12-5-3-4-10-16(12)22-17-11(32-10)6-9(23)15(19)18(17)34(28,29)21-8-14(25)31-2/h3-6,20-21H,7-8,19H2,1-2H3. The lowest BCUT2D eigenvalue weighted by Crippen LogP contribution is -2.32. The van der Waals surface area contributed by atoms with E-state index in [-0.39, 0.29) is 16.9 Å². The molecule has 14 nitrogen and oxygen atoms in total. The molecule has 0 atom stereocenters. The number of ether oxygens (including phenoxy) is 2. The zero-order valence-corrected chi connectivity index (χ0v) is 19.3. The number of benzene rings is 2. The first kappa shape index (κ1) is 25.0. The number of carbonyl (C=O) groups is 2. The SMILES string of the molecule is COC(=O)CNS(=O)(=O)c1c2nc3c(S(=O)(=O)NCC(=O)OC)cccc3oc-2cc(=O)c1N. The molecule has 16 heteroatoms. The van der Waals surface area contributed by atoms with Gasteiger partial charge in [-0.3, -0.25) is 14.4 Å². The highest BCUT2D eigenvalue weighted by atomic mass is 32.2. The molecule has 0 amide bonds. The highest BCUT2D eigenvalue weighted by molar-refractivity contribution is 7.90. The fraction of sp³-hybridized carbons (Fsp3) is 0.222. The number of nitrogens with one attached hydrogen (secondary N) is 2. The zero-order chi connectivity index (χ0) is 25.3. The molecule has 0 fully saturated rings. The summed E-state index contributed by atoms with van der Waals surface area (Å²) in [4.78, 5) is 37.9. The van der Waals surface area contributed by atoms with Crippen LogP contribution in [0.4, 0.5) is 5.69 Å². The van der Waals surface area contributed by atoms with Crippen LogP contribution >= 0.6 is 0 Å². The molecule has 0 bridgehead atoms. The quantitative estimate of drug-likeness (QED) is 0.183. The normalized spacial score (nSPS) is 12.1. The molecule has 1 aromatic carbocycles. The molecule has 1 aliphatic carbocycles. The van der Waals surface area contributed by atoms with E-state index in [9.17, 15) is 31.2 Å². The Hall–Kier alpha value is -3.60. The van der Waals surface area contributed by atoms with Gasteiger partial charge in [-0.05, 0) is 12.1 Å². The number of nitrogens with two attached hydrogens (primary N) is 1. The van der Waals surface area contributed by atoms with Gasteiger partial charge < -0.3 is 19.6 Å². The summed E-state index contributed by atoms with van der Waals surface area (Å²) in [6.45, 7) is -1.45. The van der Waals surface area contributed by atoms with Crippen molar-refractivity contribution in [1.29, 1.82) is 0 Å². The summed E-state index contributed by atoms with van der Waals surface area (Å²) < 4.78 is 69.6. The van der Waals surface area contributed by atoms with E-state index < -0.39 is 71.7 Å². The van der Waals surface area contributed by atoms with Gasteiger partial charge in [0.25, 0.3) is 0 Å². The van der Waals surface area contributed by atoms with Crippen LogP contribution in [0.15, 0.2) is 43.3 Å². The monoisotopic (exact) mass is 514 g/mol. The number of nitrogens with zero attached hydrogens (tertiary/aromatic N) is 1. The van der Waals surface area contributed by atoms with Crippen LogP contribution in [-0.4, -0.2) is 61.1 Å². The Morgan fingerprint density at radius 2 is 1.62 bits per heavy atom. The zero-order valence-electron chi connectivity index (χ0n) is 17.6. The van der Waals surface area contributed by atoms with E-state index in [1.807, 2.05) is 9.44 Å². The molecule has 0 spiro atoms. The molecule has 2 aliphatic rings. The molecular formula is C18H18N4O10S2. The molecule has 34 heavy (non-hydrogen) atoms. The van der Waals surface area contributed by atoms with Gasteiger partial charge in [-0.2, -0.15) is 9.44 Å². The minimum absolute atomic E-state index is 0.108. The molecule has 0 radical (unpaired) electrons. The maximum Gasteiger partial charge on any atom is 0.320 e. The molecule has 4 N–H and O–H groups in total. The summed E-state index contributed by atoms with van der Waals surface area (Å²) in [5, 5.41) is 0. The van der Waals surface area contributed by atoms with E-state index in [2.05, 4.69) is 14.5 Å². The number of aromatic nitrogens is 1. The van der Waals surface area contributed by atoms with Crippen molar-refractivity contribution in [3.8, 4) is 11.5 Å². The predicted molar refractivity (Wildman–Crippen MR) is 116 cm³/mol. The lowest BCUT2D eigenvalue weighted by molar-refractivity contribution is -0.140. The van der Waals surface area contributed by atoms with E-state index in [0.717, 1.165) is 26.4 Å². The number of methoxy groups -OCH3 is 2. The average Bonchev–Trinajstić information content (AvgIpc) is 2.80. The van der Waals surface area contributed by atoms with Crippen molar-refractivity contribution in [2.45, 2.75) is 9.79 Å². The van der Waals surface area contributed by atoms with E-state index in [4.69, 9.17) is 10.2 Å². The third-order valence-corrected chi connectivity index (χ3v) is 7.36. The minimum atomic E-state index is -4.61. The number of rotatable bonds is 8. The van der Waals surface area contributed by atoms with Crippen molar-refractivity contribution in [1.82, 2.24) is 14.4 Å². The summed E-state index contributed by atoms with van der Waals surface area (Å²) >= 11 is 0. The summed E-state index contributed by atoms with van der Waals surface area (Å²) in [5.74, 6) is -2.08. The summed E-state index contributed by atoms with van der Waals surface area (Å²) in [5.41, 5.74) is 3.22. The van der Waals surface area contributed by atoms with Gasteiger partial charge in [-0.15, -0.1) is 0 Å². The Bertz CT molecular complexity index is 1530. The number of para-hydroxylation sites is 1.